The van der Waals surface area contributed by atoms with Gasteiger partial charge in [0.2, 0.25) is 52.8 Å². The molecular weight excluding hydrogens is 1750 g/mol. The fourth-order valence-corrected chi connectivity index (χ4v) is 25.4. The van der Waals surface area contributed by atoms with Gasteiger partial charge in [0.25, 0.3) is 17.7 Å². The van der Waals surface area contributed by atoms with Crippen LogP contribution in [0.3, 0.4) is 0 Å². The van der Waals surface area contributed by atoms with E-state index in [1.165, 1.54) is 4.88 Å². The second-order valence-corrected chi connectivity index (χ2v) is 48.4. The van der Waals surface area contributed by atoms with Crippen LogP contribution in [-0.4, -0.2) is 199 Å². The van der Waals surface area contributed by atoms with Crippen LogP contribution >= 0.6 is 11.3 Å². The summed E-state index contributed by atoms with van der Waals surface area (Å²) in [6.45, 7) is 26.7. The van der Waals surface area contributed by atoms with E-state index < -0.39 is 141 Å². The number of nitrogens with zero attached hydrogens (tertiary/aromatic N) is 3. The largest absolute Gasteiger partial charge is 0.508 e. The molecule has 16 rings (SSSR count). The van der Waals surface area contributed by atoms with Crippen LogP contribution in [0.2, 0.25) is 0 Å². The molecule has 744 valence electrons. The summed E-state index contributed by atoms with van der Waals surface area (Å²) >= 11 is 1.69. The van der Waals surface area contributed by atoms with Crippen LogP contribution in [0.1, 0.15) is 279 Å². The highest BCUT2D eigenvalue weighted by Crippen LogP contribution is 2.79. The number of thiophene rings is 1. The molecule has 10 aliphatic carbocycles. The number of carbonyl (C=O) groups excluding carboxylic acids is 15. The summed E-state index contributed by atoms with van der Waals surface area (Å²) in [5.41, 5.74) is 14.6. The number of nitrogens with two attached hydrogens (primary N) is 3. The quantitative estimate of drug-likeness (QED) is 0.0252. The Bertz CT molecular complexity index is 4980. The standard InChI is InChI=1S/C36H51N5O5.C35H51N5O6.C33H49N5O5S/c1-34(2,3)29(39-33(46)40-35(15-8-5-9-16-35)20-23-11-6-4-7-12-23)32(45)41-21-24-26(36(24)17-18-36)27(41)31(44)38-25(28(42)30(37)43)19-22-13-10-14-22;1-33(2,3)28(38-32(46)39-35(14-7-6-8-15-35)18-21-10-9-11-22(41)16-21)31(45)40-19-23-25(34(23,4)5)26(40)30(44)37-24(17-20-12-13-20)27(42)29(36)43;1-31(2,3)26(36-30(43)37-33(13-7-6-8-14-33)17-20-10-9-15-44-20)29(42)38-18-21-23(32(21,4)5)24(38)28(41)35-22(16-19-11-12-19)25(39)27(34)40/h4,6-7,11-12,22,24-27,29H,5,8-10,13-21H2,1-3H3,(H2,37,43)(H,38,44)(H2,39,40,46);9-11,16,20,23-26,28,41H,6-8,12-15,17-19H2,1-5H3,(H2,36,43)(H,37,44)(H2,38,39,46);9-10,15,19,21-24,26H,6-8,11-14,16-18H2,1-5H3,(H2,34,40)(H,35,41)(H2,36,37,43)/t24-,25?,26-,27-,29+;23-,24?,25-,26-,28+;21-,22?,23-,24-,26+/m000/s1. The molecule has 10 saturated carbocycles. The van der Waals surface area contributed by atoms with Gasteiger partial charge in [0, 0.05) is 47.5 Å². The normalized spacial score (nSPS) is 26.5. The topological polar surface area (TPSA) is 472 Å². The summed E-state index contributed by atoms with van der Waals surface area (Å²) in [5, 5.41) is 39.4. The summed E-state index contributed by atoms with van der Waals surface area (Å²) in [6.07, 6.45) is 26.4. The number of phenolic OH excluding ortho intramolecular Hbond substituents is 1. The molecule has 3 saturated heterocycles. The molecule has 3 unspecified atom stereocenters. The van der Waals surface area contributed by atoms with Gasteiger partial charge >= 0.3 is 18.1 Å². The van der Waals surface area contributed by atoms with E-state index in [0.717, 1.165) is 178 Å². The lowest BCUT2D eigenvalue weighted by atomic mass is 9.77. The molecule has 13 fully saturated rings. The summed E-state index contributed by atoms with van der Waals surface area (Å²) in [5.74, 6) is -6.62. The molecule has 13 aliphatic rings. The van der Waals surface area contributed by atoms with Crippen LogP contribution < -0.4 is 65.1 Å². The number of hydrogen-bond donors (Lipinski definition) is 13. The molecule has 31 nitrogen and oxygen atoms in total. The molecule has 3 aromatic rings. The Labute approximate surface area is 805 Å². The minimum atomic E-state index is -1.09. The Morgan fingerprint density at radius 1 is 0.390 bits per heavy atom. The molecule has 1 aromatic heterocycles. The predicted molar refractivity (Wildman–Crippen MR) is 514 cm³/mol. The van der Waals surface area contributed by atoms with E-state index in [2.05, 4.69) is 93.7 Å². The van der Waals surface area contributed by atoms with E-state index in [1.54, 1.807) is 44.2 Å². The van der Waals surface area contributed by atoms with Crippen LogP contribution in [0.25, 0.3) is 0 Å². The molecule has 1 spiro atoms. The number of piperidine rings is 3. The number of Topliss-reactive ketones (excluding diaryl/α,β-unsaturated/α-hetero) is 3. The molecule has 0 bridgehead atoms. The lowest BCUT2D eigenvalue weighted by Gasteiger charge is -2.41. The van der Waals surface area contributed by atoms with Crippen molar-refractivity contribution in [3.63, 3.8) is 0 Å². The SMILES string of the molecule is CC(C)(C)[C@H](NC(=O)NC1(Cc2cccc(O)c2)CCCCC1)C(=O)N1C[C@H]2[C@@H]([C@H]1C(=O)NC(CC1CC1)C(=O)C(N)=O)C2(C)C.CC(C)(C)[C@H](NC(=O)NC1(Cc2ccccc2)CCCCC1)C(=O)N1C[C@H]2[C@@H]([C@H]1C(=O)NC(CC1CCC1)C(=O)C(N)=O)C21CC1.CC(C)(C)[C@H](NC(=O)NC1(Cc2cccs2)CCCCC1)C(=O)N1C[C@H]2[C@@H]([C@H]1C(=O)NC(CC1CC1)C(=O)C(N)=O)C2(C)C. The van der Waals surface area contributed by atoms with Crippen molar-refractivity contribution in [2.75, 3.05) is 19.6 Å². The number of benzene rings is 2. The number of hydrogen-bond acceptors (Lipinski definition) is 17. The van der Waals surface area contributed by atoms with Crippen LogP contribution in [-0.2, 0) is 76.8 Å². The minimum Gasteiger partial charge on any atom is -0.508 e. The maximum Gasteiger partial charge on any atom is 0.315 e. The third-order valence-corrected chi connectivity index (χ3v) is 34.2. The molecule has 136 heavy (non-hydrogen) atoms. The van der Waals surface area contributed by atoms with Gasteiger partial charge in [-0.25, -0.2) is 14.4 Å². The minimum absolute atomic E-state index is 0.0234. The molecule has 3 aliphatic heterocycles. The number of phenols is 1. The van der Waals surface area contributed by atoms with Gasteiger partial charge in [-0.2, -0.15) is 0 Å². The number of urea groups is 3. The number of likely N-dealkylation sites (tertiary alicyclic amines) is 3. The van der Waals surface area contributed by atoms with Gasteiger partial charge in [0.05, 0.1) is 18.1 Å². The lowest BCUT2D eigenvalue weighted by molar-refractivity contribution is -0.145. The molecule has 16 N–H and O–H groups in total. The number of ketones is 3. The Morgan fingerprint density at radius 3 is 1.04 bits per heavy atom. The highest BCUT2D eigenvalue weighted by atomic mass is 32.1. The highest BCUT2D eigenvalue weighted by molar-refractivity contribution is 7.09. The van der Waals surface area contributed by atoms with E-state index >= 15 is 0 Å². The monoisotopic (exact) mass is 1900 g/mol. The maximum atomic E-state index is 14.4. The van der Waals surface area contributed by atoms with E-state index in [0.29, 0.717) is 45.3 Å². The van der Waals surface area contributed by atoms with Crippen molar-refractivity contribution in [1.82, 2.24) is 62.6 Å². The second-order valence-electron chi connectivity index (χ2n) is 47.3. The van der Waals surface area contributed by atoms with Gasteiger partial charge in [0.1, 0.15) is 42.0 Å². The summed E-state index contributed by atoms with van der Waals surface area (Å²) in [7, 11) is 0. The lowest BCUT2D eigenvalue weighted by Crippen LogP contribution is -2.63. The summed E-state index contributed by atoms with van der Waals surface area (Å²) in [6, 6.07) is 12.1. The van der Waals surface area contributed by atoms with Crippen LogP contribution in [0.15, 0.2) is 72.1 Å². The van der Waals surface area contributed by atoms with Gasteiger partial charge in [-0.15, -0.1) is 11.3 Å². The Kier molecular flexibility index (Phi) is 30.0. The maximum absolute atomic E-state index is 14.4. The Hall–Kier alpha value is -10.0. The zero-order valence-electron chi connectivity index (χ0n) is 82.2. The van der Waals surface area contributed by atoms with Crippen LogP contribution in [0.4, 0.5) is 14.4 Å². The first kappa shape index (κ1) is 102. The number of primary amides is 3. The van der Waals surface area contributed by atoms with Gasteiger partial charge in [-0.3, -0.25) is 57.5 Å². The first-order chi connectivity index (χ1) is 64.0. The first-order valence-electron chi connectivity index (χ1n) is 50.4. The fraction of sp³-hybridized carbons (Fsp3) is 0.702. The molecular formula is C104H151N15O16S. The van der Waals surface area contributed by atoms with Crippen molar-refractivity contribution in [2.24, 2.45) is 103 Å². The average molecular weight is 1900 g/mol. The van der Waals surface area contributed by atoms with Crippen LogP contribution in [0, 0.1) is 85.8 Å². The number of fused-ring (bicyclic) bond motifs is 5. The van der Waals surface area contributed by atoms with Crippen molar-refractivity contribution >= 4 is 99.9 Å². The van der Waals surface area contributed by atoms with E-state index in [-0.39, 0.29) is 111 Å². The number of amides is 15. The van der Waals surface area contributed by atoms with E-state index in [4.69, 9.17) is 17.2 Å². The van der Waals surface area contributed by atoms with Crippen molar-refractivity contribution in [2.45, 2.75) is 354 Å². The van der Waals surface area contributed by atoms with Gasteiger partial charge in [-0.1, -0.05) is 241 Å². The summed E-state index contributed by atoms with van der Waals surface area (Å²) in [4.78, 5) is 205. The smallest absolute Gasteiger partial charge is 0.315 e. The average Bonchev–Trinajstić information content (AvgIpc) is 1.51. The molecule has 4 heterocycles. The fourth-order valence-electron chi connectivity index (χ4n) is 24.6. The molecule has 15 atom stereocenters. The predicted octanol–water partition coefficient (Wildman–Crippen LogP) is 10.3. The molecule has 2 aromatic carbocycles. The molecule has 15 amide bonds. The highest BCUT2D eigenvalue weighted by Gasteiger charge is 2.79. The second kappa shape index (κ2) is 40.1. The Morgan fingerprint density at radius 2 is 0.728 bits per heavy atom. The Balaban J connectivity index is 0.000000163. The van der Waals surface area contributed by atoms with Crippen molar-refractivity contribution < 1.29 is 77.0 Å². The number of aromatic hydroxyl groups is 1. The third-order valence-electron chi connectivity index (χ3n) is 33.3. The zero-order chi connectivity index (χ0) is 98.5. The number of rotatable bonds is 33. The molecule has 32 heteroatoms. The van der Waals surface area contributed by atoms with E-state index in [9.17, 15) is 77.0 Å². The third kappa shape index (κ3) is 23.3. The van der Waals surface area contributed by atoms with Gasteiger partial charge in [-0.05, 0) is 204 Å². The number of nitrogens with one attached hydrogen (secondary N) is 9. The van der Waals surface area contributed by atoms with E-state index in [1.807, 2.05) is 98.0 Å². The molecule has 0 radical (unpaired) electrons. The van der Waals surface area contributed by atoms with Crippen LogP contribution in [0.5, 0.6) is 5.75 Å². The van der Waals surface area contributed by atoms with Crippen molar-refractivity contribution in [3.8, 4) is 5.75 Å². The van der Waals surface area contributed by atoms with Gasteiger partial charge < -0.3 is 84.9 Å². The van der Waals surface area contributed by atoms with Crippen molar-refractivity contribution in [3.05, 3.63) is 88.1 Å². The first-order valence-corrected chi connectivity index (χ1v) is 51.3. The van der Waals surface area contributed by atoms with Gasteiger partial charge in [0.15, 0.2) is 0 Å². The zero-order valence-corrected chi connectivity index (χ0v) is 83.0. The summed E-state index contributed by atoms with van der Waals surface area (Å²) < 4.78 is 0. The van der Waals surface area contributed by atoms with Crippen molar-refractivity contribution in [1.29, 1.82) is 0 Å². The number of carbonyl (C=O) groups is 15.